The number of hydrogen-bond donors (Lipinski definition) is 6. The van der Waals surface area contributed by atoms with Crippen molar-refractivity contribution in [1.29, 1.82) is 0 Å². The fourth-order valence-electron chi connectivity index (χ4n) is 13.5. The summed E-state index contributed by atoms with van der Waals surface area (Å²) >= 11 is 43.9. The van der Waals surface area contributed by atoms with Gasteiger partial charge in [0.05, 0.1) is 71.8 Å². The lowest BCUT2D eigenvalue weighted by Crippen LogP contribution is -2.54. The Morgan fingerprint density at radius 1 is 0.430 bits per heavy atom. The molecule has 0 atom stereocenters. The molecule has 4 fully saturated rings. The summed E-state index contributed by atoms with van der Waals surface area (Å²) in [4.78, 5) is 93.6. The van der Waals surface area contributed by atoms with E-state index in [-0.39, 0.29) is 45.7 Å². The summed E-state index contributed by atoms with van der Waals surface area (Å²) in [5, 5.41) is 11.4. The molecule has 3 amide bonds. The van der Waals surface area contributed by atoms with Crippen molar-refractivity contribution in [2.45, 2.75) is 235 Å². The summed E-state index contributed by atoms with van der Waals surface area (Å²) in [6, 6.07) is 11.2. The number of benzene rings is 2. The first-order valence-corrected chi connectivity index (χ1v) is 45.4. The summed E-state index contributed by atoms with van der Waals surface area (Å²) in [6.45, 7) is 41.1. The molecule has 39 heteroatoms. The first-order chi connectivity index (χ1) is 56.5. The molecule has 4 saturated heterocycles. The van der Waals surface area contributed by atoms with Gasteiger partial charge in [-0.2, -0.15) is 9.97 Å². The van der Waals surface area contributed by atoms with E-state index in [0.29, 0.717) is 42.1 Å². The Labute approximate surface area is 765 Å². The molecule has 9 N–H and O–H groups in total. The number of alkyl carbamates (subject to hydrolysis) is 3. The highest BCUT2D eigenvalue weighted by molar-refractivity contribution is 9.11. The van der Waals surface area contributed by atoms with Crippen LogP contribution < -0.4 is 52.8 Å². The topological polar surface area (TPSA) is 348 Å². The summed E-state index contributed by atoms with van der Waals surface area (Å²) in [7, 11) is 0. The zero-order valence-electron chi connectivity index (χ0n) is 71.4. The second kappa shape index (κ2) is 39.4. The molecule has 2 aromatic carbocycles. The number of ether oxygens (including phenoxy) is 3. The Kier molecular flexibility index (Phi) is 31.2. The highest BCUT2D eigenvalue weighted by Crippen LogP contribution is 2.44. The monoisotopic (exact) mass is 1990 g/mol. The van der Waals surface area contributed by atoms with Crippen LogP contribution in [0.15, 0.2) is 107 Å². The second-order valence-electron chi connectivity index (χ2n) is 34.4. The number of nitrogen functional groups attached to an aromatic ring is 2. The Hall–Kier alpha value is -7.38. The van der Waals surface area contributed by atoms with Crippen LogP contribution in [-0.2, 0) is 14.2 Å². The van der Waals surface area contributed by atoms with E-state index in [9.17, 15) is 14.4 Å². The van der Waals surface area contributed by atoms with E-state index >= 15 is 0 Å². The Bertz CT molecular complexity index is 5330. The molecule has 12 heterocycles. The number of nitrogens with two attached hydrogens (primary N) is 3. The Balaban J connectivity index is 0.000000164. The summed E-state index contributed by atoms with van der Waals surface area (Å²) in [5.41, 5.74) is 21.9. The number of aromatic nitrogens is 13. The largest absolute Gasteiger partial charge is 0.444 e. The number of imidazole rings is 3. The number of carbonyl (C=O) groups excluding carboxylic acids is 3. The average Bonchev–Trinajstić information content (AvgIpc) is 1.50. The van der Waals surface area contributed by atoms with Crippen LogP contribution in [0.3, 0.4) is 0 Å². The molecular weight excluding hydrogens is 1880 g/mol. The smallest absolute Gasteiger partial charge is 0.408 e. The van der Waals surface area contributed by atoms with Crippen LogP contribution in [0.5, 0.6) is 0 Å². The van der Waals surface area contributed by atoms with Crippen LogP contribution in [0.4, 0.5) is 49.8 Å². The number of nitrogens with one attached hydrogen (secondary N) is 3. The lowest BCUT2D eigenvalue weighted by molar-refractivity contribution is 0.0435. The molecule has 10 aromatic rings. The molecule has 4 aliphatic heterocycles. The van der Waals surface area contributed by atoms with Crippen molar-refractivity contribution in [3.05, 3.63) is 141 Å². The number of piperidine rings is 4. The summed E-state index contributed by atoms with van der Waals surface area (Å²) < 4.78 is 24.6. The maximum absolute atomic E-state index is 12.3. The van der Waals surface area contributed by atoms with Gasteiger partial charge < -0.3 is 67.0 Å². The fourth-order valence-corrected chi connectivity index (χ4v) is 17.4. The predicted molar refractivity (Wildman–Crippen MR) is 497 cm³/mol. The third-order valence-electron chi connectivity index (χ3n) is 20.3. The predicted octanol–water partition coefficient (Wildman–Crippen LogP) is 19.7. The van der Waals surface area contributed by atoms with Gasteiger partial charge in [-0.3, -0.25) is 13.2 Å². The number of amides is 3. The van der Waals surface area contributed by atoms with E-state index in [1.165, 1.54) is 11.8 Å². The third kappa shape index (κ3) is 25.5. The van der Waals surface area contributed by atoms with Crippen LogP contribution in [-0.4, -0.2) is 173 Å². The number of halogens is 8. The molecule has 0 radical (unpaired) electrons. The molecule has 0 unspecified atom stereocenters. The Morgan fingerprint density at radius 3 is 1.10 bits per heavy atom. The van der Waals surface area contributed by atoms with Crippen LogP contribution in [0.1, 0.15) is 170 Å². The molecular formula is C82H107Br3Cl5N23O6S2. The zero-order chi connectivity index (χ0) is 88.8. The molecule has 0 saturated carbocycles. The maximum Gasteiger partial charge on any atom is 0.408 e. The van der Waals surface area contributed by atoms with E-state index in [1.807, 2.05) is 153 Å². The van der Waals surface area contributed by atoms with Gasteiger partial charge in [0, 0.05) is 121 Å². The van der Waals surface area contributed by atoms with E-state index in [4.69, 9.17) is 104 Å². The van der Waals surface area contributed by atoms with Gasteiger partial charge in [0.15, 0.2) is 16.9 Å². The third-order valence-corrected chi connectivity index (χ3v) is 27.7. The van der Waals surface area contributed by atoms with Gasteiger partial charge >= 0.3 is 18.3 Å². The number of anilines is 6. The van der Waals surface area contributed by atoms with Crippen LogP contribution in [0.25, 0.3) is 16.9 Å². The van der Waals surface area contributed by atoms with E-state index in [1.54, 1.807) is 49.4 Å². The minimum Gasteiger partial charge on any atom is -0.444 e. The molecule has 29 nitrogen and oxygen atoms in total. The second-order valence-corrected chi connectivity index (χ2v) is 40.8. The number of fused-ring (bicyclic) bond motifs is 3. The van der Waals surface area contributed by atoms with Gasteiger partial charge in [-0.05, 0) is 260 Å². The summed E-state index contributed by atoms with van der Waals surface area (Å²) in [6.07, 6.45) is 16.7. The first kappa shape index (κ1) is 95.8. The zero-order valence-corrected chi connectivity index (χ0v) is 81.5. The van der Waals surface area contributed by atoms with E-state index < -0.39 is 16.8 Å². The normalized spacial score (nSPS) is 16.3. The van der Waals surface area contributed by atoms with Crippen molar-refractivity contribution < 1.29 is 28.6 Å². The SMILES string of the molecule is Cc1nc(Cl)nc(N)c1Br.Cc1nc(N2CCC(C)(N)CC2)n2ccnc2c1Sc1cccc(Cl)c1Cl.Cc1nc(N2CCC(C)(NC(=O)OC(C)(C)C)CC2)n2ccnc2c1Br.Cc1nc(N2CCC(C)(NC(=O)OC(C)(C)C)CC2)n2ccnc2c1Sc1cccc(Cl)c1Cl.Cc1nc(N2CCC(C)(NC(=O)OC(C)(C)C)CC2)nc(N)c1Br. The summed E-state index contributed by atoms with van der Waals surface area (Å²) in [5.74, 6) is 4.09. The van der Waals surface area contributed by atoms with Gasteiger partial charge in [-0.1, -0.05) is 82.1 Å². The van der Waals surface area contributed by atoms with Gasteiger partial charge in [0.2, 0.25) is 29.1 Å². The van der Waals surface area contributed by atoms with Crippen molar-refractivity contribution in [2.75, 3.05) is 83.4 Å². The molecule has 14 rings (SSSR count). The van der Waals surface area contributed by atoms with E-state index in [0.717, 1.165) is 196 Å². The van der Waals surface area contributed by atoms with Crippen molar-refractivity contribution in [3.63, 3.8) is 0 Å². The number of nitrogens with zero attached hydrogens (tertiary/aromatic N) is 17. The highest BCUT2D eigenvalue weighted by atomic mass is 79.9. The minimum absolute atomic E-state index is 0.0985. The van der Waals surface area contributed by atoms with Crippen LogP contribution in [0, 0.1) is 34.6 Å². The Morgan fingerprint density at radius 2 is 0.744 bits per heavy atom. The maximum atomic E-state index is 12.3. The van der Waals surface area contributed by atoms with Crippen molar-refractivity contribution >= 4 is 200 Å². The molecule has 0 aliphatic carbocycles. The quantitative estimate of drug-likeness (QED) is 0.0517. The number of carbonyl (C=O) groups is 3. The molecule has 0 bridgehead atoms. The fraction of sp³-hybridized carbons (Fsp3) is 0.500. The lowest BCUT2D eigenvalue weighted by Gasteiger charge is -2.40. The van der Waals surface area contributed by atoms with Gasteiger partial charge in [-0.25, -0.2) is 54.3 Å². The first-order valence-electron chi connectivity index (χ1n) is 39.5. The number of rotatable bonds is 11. The van der Waals surface area contributed by atoms with Crippen LogP contribution >= 0.6 is 129 Å². The van der Waals surface area contributed by atoms with Crippen molar-refractivity contribution in [2.24, 2.45) is 5.73 Å². The van der Waals surface area contributed by atoms with Crippen molar-refractivity contribution in [1.82, 2.24) is 79.0 Å². The molecule has 121 heavy (non-hydrogen) atoms. The molecule has 0 spiro atoms. The van der Waals surface area contributed by atoms with Crippen molar-refractivity contribution in [3.8, 4) is 0 Å². The standard InChI is InChI=1S/C24H29Cl2N5O2S.C19H21Cl2N5S.C18H26BrN5O2.C16H26BrN5O2.C5H5BrClN3/c1-15-19(34-17-8-6-7-16(25)18(17)26)20-27-11-14-31(20)21(28-15)30-12-9-24(5,10-13-30)29-22(32)33-23(2,3)4;1-12-16(27-14-5-3-4-13(20)15(14)21)17-23-8-11-26(17)18(24-12)25-9-6-19(2,22)7-10-25;1-12-13(19)14-20-8-11-24(14)15(21-12)23-9-6-18(5,7-10-23)22-16(25)26-17(2,3)4;1-10-11(17)12(18)20-13(19-10)22-8-6-16(5,7-9-22)21-14(23)24-15(2,3)4;1-2-3(6)4(8)10-5(7)9-2/h6-8,11,14H,9-10,12-13H2,1-5H3,(H,29,32);3-5,8,11H,6-7,9-10,22H2,1-2H3;8,11H,6-7,9-10H2,1-5H3,(H,22,25);6-9H2,1-5H3,(H,21,23)(H2,18,19,20);1H3,(H2,8,9,10). The van der Waals surface area contributed by atoms with Gasteiger partial charge in [0.25, 0.3) is 0 Å². The van der Waals surface area contributed by atoms with Gasteiger partial charge in [0.1, 0.15) is 28.4 Å². The lowest BCUT2D eigenvalue weighted by atomic mass is 9.90. The van der Waals surface area contributed by atoms with Crippen LogP contribution in [0.2, 0.25) is 25.4 Å². The molecule has 654 valence electrons. The molecule has 4 aliphatic rings. The van der Waals surface area contributed by atoms with E-state index in [2.05, 4.69) is 139 Å². The highest BCUT2D eigenvalue weighted by Gasteiger charge is 2.39. The number of aryl methyl sites for hydroxylation is 5. The van der Waals surface area contributed by atoms with Gasteiger partial charge in [-0.15, -0.1) is 0 Å². The molecule has 8 aromatic heterocycles. The average molecular weight is 1990 g/mol. The minimum atomic E-state index is -0.523. The number of hydrogen-bond acceptors (Lipinski definition) is 25.